The fraction of sp³-hybridized carbons (Fsp3) is 0.574. The van der Waals surface area contributed by atoms with E-state index in [-0.39, 0.29) is 36.7 Å². The van der Waals surface area contributed by atoms with Crippen LogP contribution in [0.25, 0.3) is 0 Å². The summed E-state index contributed by atoms with van der Waals surface area (Å²) in [6.45, 7) is 4.39. The van der Waals surface area contributed by atoms with Gasteiger partial charge in [-0.2, -0.15) is 0 Å². The Morgan fingerprint density at radius 1 is 0.484 bits per heavy atom. The van der Waals surface area contributed by atoms with Gasteiger partial charge in [-0.1, -0.05) is 161 Å². The van der Waals surface area contributed by atoms with E-state index in [0.717, 1.165) is 96.3 Å². The molecule has 0 saturated carbocycles. The van der Waals surface area contributed by atoms with Gasteiger partial charge < -0.3 is 23.8 Å². The van der Waals surface area contributed by atoms with Gasteiger partial charge in [0, 0.05) is 19.3 Å². The third-order valence-corrected chi connectivity index (χ3v) is 9.62. The highest BCUT2D eigenvalue weighted by atomic mass is 16.6. The van der Waals surface area contributed by atoms with Crippen molar-refractivity contribution in [3.05, 3.63) is 122 Å². The lowest BCUT2D eigenvalue weighted by Gasteiger charge is -2.31. The molecule has 0 aliphatic carbocycles. The molecule has 0 amide bonds. The molecule has 62 heavy (non-hydrogen) atoms. The van der Waals surface area contributed by atoms with Crippen molar-refractivity contribution >= 4 is 17.9 Å². The number of esters is 2. The van der Waals surface area contributed by atoms with Crippen molar-refractivity contribution in [1.29, 1.82) is 0 Å². The molecular weight excluding hydrogens is 775 g/mol. The average molecular weight is 861 g/mol. The lowest BCUT2D eigenvalue weighted by Crippen LogP contribution is -2.50. The van der Waals surface area contributed by atoms with Crippen LogP contribution >= 0.6 is 0 Å². The monoisotopic (exact) mass is 861 g/mol. The van der Waals surface area contributed by atoms with Crippen LogP contribution in [0.2, 0.25) is 0 Å². The van der Waals surface area contributed by atoms with Crippen molar-refractivity contribution in [2.75, 3.05) is 41.0 Å². The van der Waals surface area contributed by atoms with Crippen LogP contribution in [-0.2, 0) is 28.6 Å². The maximum atomic E-state index is 12.7. The minimum Gasteiger partial charge on any atom is -0.477 e. The molecular formula is C54H86NO7+. The zero-order valence-electron chi connectivity index (χ0n) is 39.5. The summed E-state index contributed by atoms with van der Waals surface area (Å²) in [6, 6.07) is -0.638. The van der Waals surface area contributed by atoms with Gasteiger partial charge in [-0.15, -0.1) is 0 Å². The number of carbonyl (C=O) groups excluding carboxylic acids is 2. The normalized spacial score (nSPS) is 14.0. The van der Waals surface area contributed by atoms with Gasteiger partial charge in [0.2, 0.25) is 0 Å². The molecule has 0 bridgehead atoms. The standard InChI is InChI=1S/C54H85NO7/c1-6-8-10-12-14-16-18-20-22-24-26-28-30-32-34-36-38-40-42-44-52(56)61-49-50(48-60-47-46-51(54(58)59)55(3,4)5)62-53(57)45-43-41-39-37-35-33-31-29-27-25-23-21-19-17-15-13-11-9-7-2/h8-11,14-17,20-23,26-29,33,35,39,41,50-51H,6-7,12-13,18-19,24-25,30-32,34,36-38,40,42-49H2,1-5H3/p+1/b10-8+,11-9+,16-14+,17-15+,22-20+,23-21+,28-26+,29-27+,35-33+,41-39+. The number of quaternary nitrogens is 1. The summed E-state index contributed by atoms with van der Waals surface area (Å²) in [5.41, 5.74) is 0. The first-order chi connectivity index (χ1) is 30.1. The van der Waals surface area contributed by atoms with E-state index in [9.17, 15) is 19.5 Å². The second-order valence-corrected chi connectivity index (χ2v) is 16.2. The zero-order valence-corrected chi connectivity index (χ0v) is 39.5. The highest BCUT2D eigenvalue weighted by Crippen LogP contribution is 2.12. The first-order valence-corrected chi connectivity index (χ1v) is 23.6. The van der Waals surface area contributed by atoms with Crippen molar-refractivity contribution in [1.82, 2.24) is 0 Å². The summed E-state index contributed by atoms with van der Waals surface area (Å²) in [4.78, 5) is 37.1. The van der Waals surface area contributed by atoms with Crippen LogP contribution in [0, 0.1) is 0 Å². The molecule has 0 aromatic carbocycles. The Kier molecular flexibility index (Phi) is 40.4. The van der Waals surface area contributed by atoms with Gasteiger partial charge in [-0.05, 0) is 89.9 Å². The second kappa shape index (κ2) is 43.4. The number of aliphatic carboxylic acids is 1. The Hall–Kier alpha value is -4.27. The topological polar surface area (TPSA) is 99.1 Å². The minimum absolute atomic E-state index is 0.0172. The average Bonchev–Trinajstić information content (AvgIpc) is 3.23. The Bertz CT molecular complexity index is 1420. The van der Waals surface area contributed by atoms with Crippen LogP contribution in [0.4, 0.5) is 0 Å². The molecule has 0 heterocycles. The molecule has 0 rings (SSSR count). The lowest BCUT2D eigenvalue weighted by atomic mass is 10.1. The van der Waals surface area contributed by atoms with Crippen molar-refractivity contribution in [2.45, 2.75) is 161 Å². The van der Waals surface area contributed by atoms with E-state index in [1.807, 2.05) is 33.3 Å². The lowest BCUT2D eigenvalue weighted by molar-refractivity contribution is -0.887. The Morgan fingerprint density at radius 3 is 1.32 bits per heavy atom. The molecule has 1 N–H and O–H groups in total. The number of rotatable bonds is 40. The van der Waals surface area contributed by atoms with Crippen LogP contribution in [0.1, 0.15) is 149 Å². The summed E-state index contributed by atoms with van der Waals surface area (Å²) in [5, 5.41) is 9.64. The fourth-order valence-electron chi connectivity index (χ4n) is 6.05. The SMILES string of the molecule is CC/C=C/C/C=C/C/C=C/C/C=C/C/C=C/C/C=C/CCC(=O)OC(COCCC(C(=O)O)[N+](C)(C)C)COC(=O)CCCCCCCC/C=C/C/C=C/C/C=C/C/C=C/CC. The highest BCUT2D eigenvalue weighted by molar-refractivity contribution is 5.72. The Balaban J connectivity index is 4.48. The molecule has 0 aliphatic heterocycles. The van der Waals surface area contributed by atoms with E-state index in [1.165, 1.54) is 12.8 Å². The number of carbonyl (C=O) groups is 3. The van der Waals surface area contributed by atoms with E-state index in [4.69, 9.17) is 14.2 Å². The van der Waals surface area contributed by atoms with Gasteiger partial charge in [0.05, 0.1) is 34.4 Å². The van der Waals surface area contributed by atoms with Gasteiger partial charge in [0.15, 0.2) is 12.1 Å². The number of allylic oxidation sites excluding steroid dienone is 20. The summed E-state index contributed by atoms with van der Waals surface area (Å²) in [6.07, 6.45) is 61.2. The summed E-state index contributed by atoms with van der Waals surface area (Å²) < 4.78 is 17.2. The maximum Gasteiger partial charge on any atom is 0.362 e. The summed E-state index contributed by atoms with van der Waals surface area (Å²) in [7, 11) is 5.48. The first-order valence-electron chi connectivity index (χ1n) is 23.6. The van der Waals surface area contributed by atoms with Gasteiger partial charge in [0.25, 0.3) is 0 Å². The molecule has 0 spiro atoms. The van der Waals surface area contributed by atoms with Gasteiger partial charge in [-0.25, -0.2) is 4.79 Å². The molecule has 0 saturated heterocycles. The number of hydrogen-bond donors (Lipinski definition) is 1. The van der Waals surface area contributed by atoms with Crippen LogP contribution in [0.5, 0.6) is 0 Å². The number of likely N-dealkylation sites (N-methyl/N-ethyl adjacent to an activating group) is 1. The number of carboxylic acids is 1. The van der Waals surface area contributed by atoms with E-state index in [2.05, 4.69) is 123 Å². The quantitative estimate of drug-likeness (QED) is 0.0283. The van der Waals surface area contributed by atoms with Gasteiger partial charge in [-0.3, -0.25) is 9.59 Å². The van der Waals surface area contributed by atoms with Crippen molar-refractivity contribution in [3.8, 4) is 0 Å². The molecule has 0 fully saturated rings. The number of ether oxygens (including phenoxy) is 3. The van der Waals surface area contributed by atoms with Crippen molar-refractivity contribution in [3.63, 3.8) is 0 Å². The van der Waals surface area contributed by atoms with Crippen molar-refractivity contribution < 1.29 is 38.2 Å². The summed E-state index contributed by atoms with van der Waals surface area (Å²) >= 11 is 0. The molecule has 8 heteroatoms. The number of nitrogens with zero attached hydrogens (tertiary/aromatic N) is 1. The third kappa shape index (κ3) is 41.1. The second-order valence-electron chi connectivity index (χ2n) is 16.2. The molecule has 348 valence electrons. The molecule has 0 aliphatic rings. The highest BCUT2D eigenvalue weighted by Gasteiger charge is 2.31. The largest absolute Gasteiger partial charge is 0.477 e. The Labute approximate surface area is 378 Å². The third-order valence-electron chi connectivity index (χ3n) is 9.62. The van der Waals surface area contributed by atoms with E-state index < -0.39 is 24.1 Å². The number of hydrogen-bond acceptors (Lipinski definition) is 6. The molecule has 2 atom stereocenters. The minimum atomic E-state index is -0.894. The van der Waals surface area contributed by atoms with Gasteiger partial charge >= 0.3 is 17.9 Å². The fourth-order valence-corrected chi connectivity index (χ4v) is 6.05. The van der Waals surface area contributed by atoms with Crippen LogP contribution < -0.4 is 0 Å². The van der Waals surface area contributed by atoms with Crippen LogP contribution in [-0.4, -0.2) is 80.6 Å². The molecule has 0 aromatic heterocycles. The molecule has 0 radical (unpaired) electrons. The predicted octanol–water partition coefficient (Wildman–Crippen LogP) is 13.4. The van der Waals surface area contributed by atoms with E-state index in [1.54, 1.807) is 0 Å². The summed E-state index contributed by atoms with van der Waals surface area (Å²) in [5.74, 6) is -1.61. The molecule has 0 aromatic rings. The predicted molar refractivity (Wildman–Crippen MR) is 261 cm³/mol. The maximum absolute atomic E-state index is 12.7. The van der Waals surface area contributed by atoms with Crippen LogP contribution in [0.15, 0.2) is 122 Å². The number of carboxylic acid groups (broad SMARTS) is 1. The molecule has 8 nitrogen and oxygen atoms in total. The van der Waals surface area contributed by atoms with Crippen LogP contribution in [0.3, 0.4) is 0 Å². The Morgan fingerprint density at radius 2 is 0.887 bits per heavy atom. The van der Waals surface area contributed by atoms with E-state index >= 15 is 0 Å². The smallest absolute Gasteiger partial charge is 0.362 e. The molecule has 2 unspecified atom stereocenters. The zero-order chi connectivity index (χ0) is 45.6. The van der Waals surface area contributed by atoms with Gasteiger partial charge in [0.1, 0.15) is 6.61 Å². The van der Waals surface area contributed by atoms with Crippen molar-refractivity contribution in [2.24, 2.45) is 0 Å². The van der Waals surface area contributed by atoms with E-state index in [0.29, 0.717) is 19.3 Å². The number of unbranched alkanes of at least 4 members (excludes halogenated alkanes) is 6. The first kappa shape index (κ1) is 57.7.